The molecule has 0 amide bonds. The van der Waals surface area contributed by atoms with Crippen molar-refractivity contribution in [1.29, 1.82) is 0 Å². The van der Waals surface area contributed by atoms with Crippen LogP contribution in [0.4, 0.5) is 0 Å². The second-order valence-corrected chi connectivity index (χ2v) is 6.87. The van der Waals surface area contributed by atoms with Crippen LogP contribution in [0.15, 0.2) is 21.6 Å². The summed E-state index contributed by atoms with van der Waals surface area (Å²) in [4.78, 5) is 0. The summed E-state index contributed by atoms with van der Waals surface area (Å²) in [5.74, 6) is 2.94. The first kappa shape index (κ1) is 15.8. The molecule has 1 heterocycles. The van der Waals surface area contributed by atoms with E-state index in [4.69, 9.17) is 10.8 Å². The van der Waals surface area contributed by atoms with E-state index in [0.29, 0.717) is 18.7 Å². The SMILES string of the molecule is C#CCCNS(=O)(=O)c1ccc(CNC(C)(C)C)o1. The highest BCUT2D eigenvalue weighted by Gasteiger charge is 2.18. The molecule has 19 heavy (non-hydrogen) atoms. The molecular weight excluding hydrogens is 264 g/mol. The topological polar surface area (TPSA) is 71.3 Å². The van der Waals surface area contributed by atoms with Crippen LogP contribution in [-0.4, -0.2) is 20.5 Å². The molecule has 1 aromatic heterocycles. The fourth-order valence-corrected chi connectivity index (χ4v) is 2.26. The number of furan rings is 1. The van der Waals surface area contributed by atoms with Crippen molar-refractivity contribution in [2.45, 2.75) is 44.4 Å². The summed E-state index contributed by atoms with van der Waals surface area (Å²) in [7, 11) is -3.61. The Kier molecular flexibility index (Phi) is 5.18. The second kappa shape index (κ2) is 6.24. The molecule has 5 nitrogen and oxygen atoms in total. The summed E-state index contributed by atoms with van der Waals surface area (Å²) in [6.45, 7) is 6.75. The molecule has 0 bridgehead atoms. The maximum absolute atomic E-state index is 11.8. The molecule has 0 saturated heterocycles. The Morgan fingerprint density at radius 1 is 1.37 bits per heavy atom. The molecule has 1 aromatic rings. The highest BCUT2D eigenvalue weighted by Crippen LogP contribution is 2.14. The minimum absolute atomic E-state index is 0.0587. The van der Waals surface area contributed by atoms with E-state index >= 15 is 0 Å². The third kappa shape index (κ3) is 5.47. The molecule has 0 saturated carbocycles. The van der Waals surface area contributed by atoms with Crippen LogP contribution in [0, 0.1) is 12.3 Å². The molecule has 0 aliphatic heterocycles. The molecule has 0 radical (unpaired) electrons. The molecule has 0 aliphatic rings. The van der Waals surface area contributed by atoms with Gasteiger partial charge in [-0.25, -0.2) is 13.1 Å². The van der Waals surface area contributed by atoms with Crippen molar-refractivity contribution in [2.24, 2.45) is 0 Å². The van der Waals surface area contributed by atoms with Crippen LogP contribution >= 0.6 is 0 Å². The fourth-order valence-electron chi connectivity index (χ4n) is 1.28. The first-order valence-corrected chi connectivity index (χ1v) is 7.50. The number of sulfonamides is 1. The van der Waals surface area contributed by atoms with Crippen LogP contribution < -0.4 is 10.0 Å². The maximum atomic E-state index is 11.8. The van der Waals surface area contributed by atoms with Gasteiger partial charge in [0.25, 0.3) is 10.0 Å². The second-order valence-electron chi connectivity index (χ2n) is 5.18. The van der Waals surface area contributed by atoms with Gasteiger partial charge in [0, 0.05) is 18.5 Å². The lowest BCUT2D eigenvalue weighted by Gasteiger charge is -2.19. The largest absolute Gasteiger partial charge is 0.447 e. The summed E-state index contributed by atoms with van der Waals surface area (Å²) in [5, 5.41) is 3.13. The van der Waals surface area contributed by atoms with Crippen LogP contribution in [0.5, 0.6) is 0 Å². The van der Waals surface area contributed by atoms with Gasteiger partial charge in [-0.15, -0.1) is 12.3 Å². The molecule has 0 unspecified atom stereocenters. The molecule has 0 atom stereocenters. The molecule has 0 aromatic carbocycles. The number of hydrogen-bond donors (Lipinski definition) is 2. The molecule has 0 fully saturated rings. The molecule has 0 spiro atoms. The van der Waals surface area contributed by atoms with E-state index in [1.807, 2.05) is 20.8 Å². The summed E-state index contributed by atoms with van der Waals surface area (Å²) in [6, 6.07) is 3.09. The average Bonchev–Trinajstić information content (AvgIpc) is 2.75. The van der Waals surface area contributed by atoms with Crippen LogP contribution in [0.3, 0.4) is 0 Å². The first-order chi connectivity index (χ1) is 8.74. The average molecular weight is 284 g/mol. The Morgan fingerprint density at radius 3 is 2.63 bits per heavy atom. The summed E-state index contributed by atoms with van der Waals surface area (Å²) in [6.07, 6.45) is 5.41. The van der Waals surface area contributed by atoms with Gasteiger partial charge in [0.15, 0.2) is 0 Å². The number of rotatable bonds is 6. The van der Waals surface area contributed by atoms with E-state index in [0.717, 1.165) is 0 Å². The standard InChI is InChI=1S/C13H20N2O3S/c1-5-6-9-15-19(16,17)12-8-7-11(18-12)10-14-13(2,3)4/h1,7-8,14-15H,6,9-10H2,2-4H3. The highest BCUT2D eigenvalue weighted by molar-refractivity contribution is 7.89. The smallest absolute Gasteiger partial charge is 0.273 e. The van der Waals surface area contributed by atoms with E-state index in [2.05, 4.69) is 16.0 Å². The molecule has 1 rings (SSSR count). The van der Waals surface area contributed by atoms with Crippen molar-refractivity contribution in [2.75, 3.05) is 6.54 Å². The van der Waals surface area contributed by atoms with Crippen molar-refractivity contribution >= 4 is 10.0 Å². The zero-order valence-corrected chi connectivity index (χ0v) is 12.3. The lowest BCUT2D eigenvalue weighted by Crippen LogP contribution is -2.34. The molecule has 0 aliphatic carbocycles. The lowest BCUT2D eigenvalue weighted by molar-refractivity contribution is 0.359. The third-order valence-corrected chi connectivity index (χ3v) is 3.59. The van der Waals surface area contributed by atoms with Gasteiger partial charge in [-0.3, -0.25) is 0 Å². The van der Waals surface area contributed by atoms with Crippen LogP contribution in [0.2, 0.25) is 0 Å². The van der Waals surface area contributed by atoms with Gasteiger partial charge in [-0.1, -0.05) is 0 Å². The summed E-state index contributed by atoms with van der Waals surface area (Å²) < 4.78 is 31.3. The molecule has 106 valence electrons. The van der Waals surface area contributed by atoms with Crippen molar-refractivity contribution < 1.29 is 12.8 Å². The van der Waals surface area contributed by atoms with Crippen LogP contribution in [0.25, 0.3) is 0 Å². The van der Waals surface area contributed by atoms with Gasteiger partial charge in [0.05, 0.1) is 6.54 Å². The first-order valence-electron chi connectivity index (χ1n) is 6.01. The van der Waals surface area contributed by atoms with Crippen molar-refractivity contribution in [3.05, 3.63) is 17.9 Å². The van der Waals surface area contributed by atoms with Gasteiger partial charge >= 0.3 is 0 Å². The molecule has 2 N–H and O–H groups in total. The summed E-state index contributed by atoms with van der Waals surface area (Å²) >= 11 is 0. The minimum atomic E-state index is -3.61. The summed E-state index contributed by atoms with van der Waals surface area (Å²) in [5.41, 5.74) is -0.0587. The molecular formula is C13H20N2O3S. The zero-order valence-electron chi connectivity index (χ0n) is 11.5. The number of nitrogens with one attached hydrogen (secondary N) is 2. The number of terminal acetylenes is 1. The molecule has 6 heteroatoms. The number of hydrogen-bond acceptors (Lipinski definition) is 4. The Labute approximate surface area is 114 Å². The highest BCUT2D eigenvalue weighted by atomic mass is 32.2. The predicted octanol–water partition coefficient (Wildman–Crippen LogP) is 1.47. The Bertz CT molecular complexity index is 547. The van der Waals surface area contributed by atoms with Crippen LogP contribution in [-0.2, 0) is 16.6 Å². The van der Waals surface area contributed by atoms with Gasteiger partial charge < -0.3 is 9.73 Å². The Hall–Kier alpha value is -1.29. The lowest BCUT2D eigenvalue weighted by atomic mass is 10.1. The Balaban J connectivity index is 2.66. The van der Waals surface area contributed by atoms with Gasteiger partial charge in [0.1, 0.15) is 5.76 Å². The van der Waals surface area contributed by atoms with E-state index in [1.54, 1.807) is 6.07 Å². The van der Waals surface area contributed by atoms with E-state index < -0.39 is 10.0 Å². The zero-order chi connectivity index (χ0) is 14.5. The van der Waals surface area contributed by atoms with Crippen LogP contribution in [0.1, 0.15) is 33.0 Å². The van der Waals surface area contributed by atoms with Gasteiger partial charge in [-0.05, 0) is 32.9 Å². The predicted molar refractivity (Wildman–Crippen MR) is 73.9 cm³/mol. The Morgan fingerprint density at radius 2 is 2.05 bits per heavy atom. The fraction of sp³-hybridized carbons (Fsp3) is 0.538. The monoisotopic (exact) mass is 284 g/mol. The normalized spacial score (nSPS) is 12.3. The van der Waals surface area contributed by atoms with Crippen molar-refractivity contribution in [1.82, 2.24) is 10.0 Å². The van der Waals surface area contributed by atoms with Crippen molar-refractivity contribution in [3.63, 3.8) is 0 Å². The van der Waals surface area contributed by atoms with Gasteiger partial charge in [-0.2, -0.15) is 0 Å². The minimum Gasteiger partial charge on any atom is -0.447 e. The maximum Gasteiger partial charge on any atom is 0.273 e. The van der Waals surface area contributed by atoms with E-state index in [1.165, 1.54) is 6.07 Å². The van der Waals surface area contributed by atoms with Crippen molar-refractivity contribution in [3.8, 4) is 12.3 Å². The quantitative estimate of drug-likeness (QED) is 0.613. The van der Waals surface area contributed by atoms with E-state index in [-0.39, 0.29) is 17.2 Å². The third-order valence-electron chi connectivity index (χ3n) is 2.26. The van der Waals surface area contributed by atoms with E-state index in [9.17, 15) is 8.42 Å². The van der Waals surface area contributed by atoms with Gasteiger partial charge in [0.2, 0.25) is 5.09 Å².